The van der Waals surface area contributed by atoms with Crippen LogP contribution in [0.5, 0.6) is 28.7 Å². The molecule has 6 heterocycles. The minimum absolute atomic E-state index is 0.0417. The lowest BCUT2D eigenvalue weighted by Crippen LogP contribution is -2.47. The first-order chi connectivity index (χ1) is 27.5. The molecule has 4 aliphatic heterocycles. The van der Waals surface area contributed by atoms with Gasteiger partial charge in [-0.15, -0.1) is 0 Å². The molecule has 15 heteroatoms. The maximum atomic E-state index is 13.9. The van der Waals surface area contributed by atoms with E-state index in [2.05, 4.69) is 18.3 Å². The predicted molar refractivity (Wildman–Crippen MR) is 207 cm³/mol. The van der Waals surface area contributed by atoms with Gasteiger partial charge in [0.2, 0.25) is 12.7 Å². The van der Waals surface area contributed by atoms with Gasteiger partial charge in [0.05, 0.1) is 90.1 Å². The minimum atomic E-state index is -0.181. The summed E-state index contributed by atoms with van der Waals surface area (Å²) in [5.41, 5.74) is 7.81. The number of ether oxygens (including phenoxy) is 4. The number of aromatic nitrogens is 4. The number of nitrogens with zero attached hydrogens (tertiary/aromatic N) is 8. The number of aliphatic imine (C=N–C) groups is 2. The van der Waals surface area contributed by atoms with Gasteiger partial charge >= 0.3 is 0 Å². The van der Waals surface area contributed by atoms with E-state index in [1.165, 1.54) is 25.6 Å². The number of amides is 2. The van der Waals surface area contributed by atoms with E-state index in [4.69, 9.17) is 28.9 Å². The molecule has 57 heavy (non-hydrogen) atoms. The molecule has 0 aliphatic carbocycles. The van der Waals surface area contributed by atoms with E-state index >= 15 is 0 Å². The number of phenols is 1. The Balaban J connectivity index is 0.913. The molecule has 15 nitrogen and oxygen atoms in total. The molecule has 0 spiro atoms. The summed E-state index contributed by atoms with van der Waals surface area (Å²) in [5.74, 6) is 1.42. The van der Waals surface area contributed by atoms with Gasteiger partial charge in [-0.1, -0.05) is 0 Å². The molecule has 0 radical (unpaired) electrons. The van der Waals surface area contributed by atoms with Gasteiger partial charge in [0.1, 0.15) is 30.4 Å². The molecule has 0 saturated carbocycles. The van der Waals surface area contributed by atoms with Crippen LogP contribution in [0, 0.1) is 0 Å². The van der Waals surface area contributed by atoms with Crippen LogP contribution >= 0.6 is 0 Å². The van der Waals surface area contributed by atoms with Crippen molar-refractivity contribution in [2.24, 2.45) is 38.2 Å². The number of phenolic OH excluding ortho intramolecular Hbond substituents is 1. The van der Waals surface area contributed by atoms with Crippen LogP contribution in [0.4, 0.5) is 11.4 Å². The summed E-state index contributed by atoms with van der Waals surface area (Å²) in [5, 5.41) is 10.7. The average molecular weight is 773 g/mol. The van der Waals surface area contributed by atoms with E-state index < -0.39 is 0 Å². The van der Waals surface area contributed by atoms with Gasteiger partial charge in [0.25, 0.3) is 11.8 Å². The third kappa shape index (κ3) is 6.23. The van der Waals surface area contributed by atoms with E-state index in [1.807, 2.05) is 69.1 Å². The standard InChI is InChI=1S/C42H43N8O7/c1-45-22-47(3)35-18-49-26(10-33(35)45)16-43-31-14-39(37(54-5)12-29(31)41(49)52)56-20-24-7-25(9-28(51)8-24)21-57-40-15-32-30(13-38(40)55-6)42(53)50-19-36-34(11-27(50)17-44-32)46(2)23-48(36)4/h7-9,12-17,22-23,26-27H,10-11,18-21H2,1-6H3/q+1/p+1/t26-,27-/m0/s1. The first kappa shape index (κ1) is 36.0. The SMILES string of the molecule is COc1cc2c(cc1OCc1cc(O)cc(COc3cc4c(cc3OC)C(=O)N3Cc5c([n+](C)cn5C)C[C@H]3C=N4)c1)N=C[C@@H]1Cc3c(n(C)c[n+]3C)CN1C2=O. The summed E-state index contributed by atoms with van der Waals surface area (Å²) < 4.78 is 32.2. The largest absolute Gasteiger partial charge is 0.508 e. The Morgan fingerprint density at radius 1 is 0.667 bits per heavy atom. The van der Waals surface area contributed by atoms with Crippen LogP contribution in [0.15, 0.2) is 65.1 Å². The lowest BCUT2D eigenvalue weighted by Gasteiger charge is -2.31. The van der Waals surface area contributed by atoms with Crippen molar-refractivity contribution < 1.29 is 42.8 Å². The monoisotopic (exact) mass is 772 g/mol. The van der Waals surface area contributed by atoms with Crippen LogP contribution < -0.4 is 28.1 Å². The van der Waals surface area contributed by atoms with Crippen molar-refractivity contribution in [2.75, 3.05) is 14.2 Å². The van der Waals surface area contributed by atoms with Crippen LogP contribution in [0.2, 0.25) is 0 Å². The predicted octanol–water partition coefficient (Wildman–Crippen LogP) is 3.46. The topological polar surface area (TPSA) is 140 Å². The molecule has 2 atom stereocenters. The number of aryl methyl sites for hydroxylation is 4. The summed E-state index contributed by atoms with van der Waals surface area (Å²) in [7, 11) is 11.1. The molecule has 9 rings (SSSR count). The zero-order chi connectivity index (χ0) is 39.7. The number of benzene rings is 3. The first-order valence-corrected chi connectivity index (χ1v) is 18.8. The number of carbonyl (C=O) groups excluding carboxylic acids is 2. The minimum Gasteiger partial charge on any atom is -0.508 e. The van der Waals surface area contributed by atoms with Crippen LogP contribution in [0.25, 0.3) is 0 Å². The number of methoxy groups -OCH3 is 2. The molecular weight excluding hydrogens is 729 g/mol. The number of fused-ring (bicyclic) bond motifs is 6. The van der Waals surface area contributed by atoms with Crippen LogP contribution in [0.3, 0.4) is 0 Å². The fourth-order valence-electron chi connectivity index (χ4n) is 8.50. The van der Waals surface area contributed by atoms with Gasteiger partial charge in [-0.2, -0.15) is 0 Å². The van der Waals surface area contributed by atoms with Crippen molar-refractivity contribution in [1.82, 2.24) is 18.9 Å². The summed E-state index contributed by atoms with van der Waals surface area (Å²) in [6.07, 6.45) is 9.06. The molecule has 1 N–H and O–H groups in total. The highest BCUT2D eigenvalue weighted by molar-refractivity contribution is 6.04. The molecule has 3 aromatic carbocycles. The summed E-state index contributed by atoms with van der Waals surface area (Å²) >= 11 is 0. The van der Waals surface area contributed by atoms with Crippen molar-refractivity contribution in [2.45, 2.75) is 51.2 Å². The number of rotatable bonds is 8. The summed E-state index contributed by atoms with van der Waals surface area (Å²) in [6, 6.07) is 11.6. The molecule has 0 saturated heterocycles. The molecule has 0 unspecified atom stereocenters. The Labute approximate surface area is 329 Å². The van der Waals surface area contributed by atoms with E-state index in [0.717, 1.165) is 11.4 Å². The van der Waals surface area contributed by atoms with Gasteiger partial charge in [-0.3, -0.25) is 19.6 Å². The third-order valence-electron chi connectivity index (χ3n) is 11.5. The van der Waals surface area contributed by atoms with Crippen molar-refractivity contribution in [3.63, 3.8) is 0 Å². The zero-order valence-corrected chi connectivity index (χ0v) is 32.7. The molecule has 2 aromatic heterocycles. The normalized spacial score (nSPS) is 17.8. The highest BCUT2D eigenvalue weighted by atomic mass is 16.5. The summed E-state index contributed by atoms with van der Waals surface area (Å²) in [4.78, 5) is 41.0. The lowest BCUT2D eigenvalue weighted by atomic mass is 10.0. The molecule has 5 aromatic rings. The number of carbonyl (C=O) groups is 2. The van der Waals surface area contributed by atoms with Crippen LogP contribution in [-0.2, 0) is 67.3 Å². The Morgan fingerprint density at radius 2 is 1.11 bits per heavy atom. The Hall–Kier alpha value is -6.64. The van der Waals surface area contributed by atoms with Crippen molar-refractivity contribution >= 4 is 35.6 Å². The zero-order valence-electron chi connectivity index (χ0n) is 32.7. The number of hydrogen-bond acceptors (Lipinski definition) is 9. The fraction of sp³-hybridized carbons (Fsp3) is 0.333. The first-order valence-electron chi connectivity index (χ1n) is 18.8. The molecule has 4 aliphatic rings. The maximum Gasteiger partial charge on any atom is 0.257 e. The molecular formula is C42H44N8O7+2. The van der Waals surface area contributed by atoms with Crippen LogP contribution in [-0.4, -0.2) is 74.6 Å². The van der Waals surface area contributed by atoms with Crippen molar-refractivity contribution in [3.05, 3.63) is 100 Å². The van der Waals surface area contributed by atoms with Gasteiger partial charge in [0, 0.05) is 37.4 Å². The molecule has 0 fully saturated rings. The molecule has 0 bridgehead atoms. The van der Waals surface area contributed by atoms with Crippen LogP contribution in [0.1, 0.15) is 54.6 Å². The number of hydrogen-bond donors (Lipinski definition) is 1. The maximum absolute atomic E-state index is 13.9. The second kappa shape index (κ2) is 13.8. The molecule has 292 valence electrons. The number of aromatic hydroxyl groups is 1. The lowest BCUT2D eigenvalue weighted by molar-refractivity contribution is -0.679. The Bertz CT molecular complexity index is 2380. The highest BCUT2D eigenvalue weighted by Crippen LogP contribution is 2.40. The Kier molecular flexibility index (Phi) is 8.74. The van der Waals surface area contributed by atoms with Crippen molar-refractivity contribution in [1.29, 1.82) is 0 Å². The van der Waals surface area contributed by atoms with E-state index in [0.29, 0.717) is 82.6 Å². The third-order valence-corrected chi connectivity index (χ3v) is 11.5. The Morgan fingerprint density at radius 3 is 1.53 bits per heavy atom. The second-order valence-corrected chi connectivity index (χ2v) is 15.1. The summed E-state index contributed by atoms with van der Waals surface area (Å²) in [6.45, 7) is 1.14. The molecule has 2 amide bonds. The second-order valence-electron chi connectivity index (χ2n) is 15.1. The smallest absolute Gasteiger partial charge is 0.257 e. The van der Waals surface area contributed by atoms with Gasteiger partial charge in [-0.25, -0.2) is 18.3 Å². The average Bonchev–Trinajstić information content (AvgIpc) is 3.54. The van der Waals surface area contributed by atoms with Crippen molar-refractivity contribution in [3.8, 4) is 28.7 Å². The van der Waals surface area contributed by atoms with E-state index in [1.54, 1.807) is 36.4 Å². The van der Waals surface area contributed by atoms with E-state index in [9.17, 15) is 14.7 Å². The van der Waals surface area contributed by atoms with Gasteiger partial charge in [0.15, 0.2) is 34.4 Å². The highest BCUT2D eigenvalue weighted by Gasteiger charge is 2.40. The van der Waals surface area contributed by atoms with E-state index in [-0.39, 0.29) is 42.9 Å². The van der Waals surface area contributed by atoms with Gasteiger partial charge in [-0.05, 0) is 41.5 Å². The van der Waals surface area contributed by atoms with Gasteiger partial charge < -0.3 is 33.9 Å². The fourth-order valence-corrected chi connectivity index (χ4v) is 8.50. The quantitative estimate of drug-likeness (QED) is 0.239. The number of imidazole rings is 2.